The summed E-state index contributed by atoms with van der Waals surface area (Å²) in [5.74, 6) is -0.343. The zero-order chi connectivity index (χ0) is 16.6. The molecule has 0 bridgehead atoms. The Kier molecular flexibility index (Phi) is 4.13. The van der Waals surface area contributed by atoms with E-state index in [2.05, 4.69) is 10.1 Å². The molecule has 2 heterocycles. The number of thiazole rings is 1. The van der Waals surface area contributed by atoms with Crippen molar-refractivity contribution in [2.24, 2.45) is 0 Å². The van der Waals surface area contributed by atoms with Crippen LogP contribution in [0.2, 0.25) is 0 Å². The monoisotopic (exact) mass is 344 g/mol. The Morgan fingerprint density at radius 2 is 2.13 bits per heavy atom. The number of halogens is 3. The molecule has 9 heteroatoms. The molecular formula is C14H15F3N4OS. The van der Waals surface area contributed by atoms with Gasteiger partial charge >= 0.3 is 6.18 Å². The van der Waals surface area contributed by atoms with Gasteiger partial charge in [0.05, 0.1) is 0 Å². The van der Waals surface area contributed by atoms with Gasteiger partial charge in [0.25, 0.3) is 0 Å². The van der Waals surface area contributed by atoms with Gasteiger partial charge in [0.15, 0.2) is 10.8 Å². The lowest BCUT2D eigenvalue weighted by Gasteiger charge is -2.17. The van der Waals surface area contributed by atoms with Crippen LogP contribution < -0.4 is 4.90 Å². The molecule has 3 rings (SSSR count). The lowest BCUT2D eigenvalue weighted by atomic mass is 9.95. The lowest BCUT2D eigenvalue weighted by Crippen LogP contribution is -2.31. The molecule has 1 aliphatic rings. The number of rotatable bonds is 3. The standard InChI is InChI=1S/C14H15F3N4OS/c1-20(13-18-6-7-23-13)11(22)8-21-10-5-3-2-4-9(10)12(19-21)14(15,16)17/h6-7H,2-5,8H2,1H3. The zero-order valence-corrected chi connectivity index (χ0v) is 13.2. The number of amides is 1. The van der Waals surface area contributed by atoms with Crippen molar-refractivity contribution in [2.75, 3.05) is 11.9 Å². The average Bonchev–Trinajstić information content (AvgIpc) is 3.14. The van der Waals surface area contributed by atoms with Crippen LogP contribution in [0, 0.1) is 0 Å². The molecule has 0 N–H and O–H groups in total. The van der Waals surface area contributed by atoms with Crippen molar-refractivity contribution >= 4 is 22.4 Å². The number of carbonyl (C=O) groups excluding carboxylic acids is 1. The van der Waals surface area contributed by atoms with E-state index in [1.54, 1.807) is 18.6 Å². The van der Waals surface area contributed by atoms with Crippen molar-refractivity contribution in [3.05, 3.63) is 28.5 Å². The fourth-order valence-corrected chi connectivity index (χ4v) is 3.38. The van der Waals surface area contributed by atoms with E-state index in [9.17, 15) is 18.0 Å². The van der Waals surface area contributed by atoms with Gasteiger partial charge in [-0.05, 0) is 25.7 Å². The maximum Gasteiger partial charge on any atom is 0.435 e. The molecule has 124 valence electrons. The number of nitrogens with zero attached hydrogens (tertiary/aromatic N) is 4. The highest BCUT2D eigenvalue weighted by Crippen LogP contribution is 2.35. The normalized spacial score (nSPS) is 14.6. The number of hydrogen-bond acceptors (Lipinski definition) is 4. The van der Waals surface area contributed by atoms with Crippen LogP contribution in [0.15, 0.2) is 11.6 Å². The van der Waals surface area contributed by atoms with E-state index in [1.165, 1.54) is 20.9 Å². The Balaban J connectivity index is 1.88. The van der Waals surface area contributed by atoms with Crippen LogP contribution in [0.5, 0.6) is 0 Å². The molecule has 23 heavy (non-hydrogen) atoms. The van der Waals surface area contributed by atoms with Crippen molar-refractivity contribution in [1.82, 2.24) is 14.8 Å². The zero-order valence-electron chi connectivity index (χ0n) is 12.4. The molecule has 5 nitrogen and oxygen atoms in total. The predicted octanol–water partition coefficient (Wildman–Crippen LogP) is 2.90. The molecule has 0 fully saturated rings. The first-order chi connectivity index (χ1) is 10.9. The third-order valence-electron chi connectivity index (χ3n) is 3.89. The van der Waals surface area contributed by atoms with Crippen LogP contribution in [0.25, 0.3) is 0 Å². The summed E-state index contributed by atoms with van der Waals surface area (Å²) in [6.07, 6.45) is -0.507. The van der Waals surface area contributed by atoms with Crippen molar-refractivity contribution in [1.29, 1.82) is 0 Å². The minimum atomic E-state index is -4.49. The summed E-state index contributed by atoms with van der Waals surface area (Å²) < 4.78 is 40.6. The third-order valence-corrected chi connectivity index (χ3v) is 4.74. The predicted molar refractivity (Wildman–Crippen MR) is 79.4 cm³/mol. The summed E-state index contributed by atoms with van der Waals surface area (Å²) >= 11 is 1.29. The van der Waals surface area contributed by atoms with Gasteiger partial charge in [-0.15, -0.1) is 11.3 Å². The summed E-state index contributed by atoms with van der Waals surface area (Å²) in [7, 11) is 1.56. The van der Waals surface area contributed by atoms with E-state index < -0.39 is 11.9 Å². The van der Waals surface area contributed by atoms with Crippen molar-refractivity contribution in [2.45, 2.75) is 38.4 Å². The molecule has 0 atom stereocenters. The fraction of sp³-hybridized carbons (Fsp3) is 0.500. The molecule has 0 aromatic carbocycles. The second-order valence-electron chi connectivity index (χ2n) is 5.40. The number of anilines is 1. The van der Waals surface area contributed by atoms with Crippen LogP contribution >= 0.6 is 11.3 Å². The quantitative estimate of drug-likeness (QED) is 0.860. The summed E-state index contributed by atoms with van der Waals surface area (Å²) in [5.41, 5.74) is -0.0742. The van der Waals surface area contributed by atoms with Crippen LogP contribution in [0.3, 0.4) is 0 Å². The molecule has 1 aliphatic carbocycles. The summed E-state index contributed by atoms with van der Waals surface area (Å²) in [4.78, 5) is 17.7. The molecular weight excluding hydrogens is 329 g/mol. The largest absolute Gasteiger partial charge is 0.435 e. The number of likely N-dealkylation sites (N-methyl/N-ethyl adjacent to an activating group) is 1. The minimum absolute atomic E-state index is 0.214. The van der Waals surface area contributed by atoms with Gasteiger partial charge in [-0.25, -0.2) is 4.98 Å². The maximum absolute atomic E-state index is 13.1. The molecule has 0 saturated carbocycles. The third kappa shape index (κ3) is 3.10. The molecule has 0 radical (unpaired) electrons. The van der Waals surface area contributed by atoms with Crippen molar-refractivity contribution < 1.29 is 18.0 Å². The second-order valence-corrected chi connectivity index (χ2v) is 6.28. The van der Waals surface area contributed by atoms with E-state index in [0.29, 0.717) is 23.7 Å². The number of carbonyl (C=O) groups is 1. The summed E-state index contributed by atoms with van der Waals surface area (Å²) in [6, 6.07) is 0. The van der Waals surface area contributed by atoms with Crippen LogP contribution in [-0.4, -0.2) is 27.7 Å². The first kappa shape index (κ1) is 16.0. The molecule has 0 unspecified atom stereocenters. The van der Waals surface area contributed by atoms with Gasteiger partial charge in [-0.1, -0.05) is 0 Å². The number of fused-ring (bicyclic) bond motifs is 1. The Morgan fingerprint density at radius 3 is 2.78 bits per heavy atom. The topological polar surface area (TPSA) is 51.0 Å². The smallest absolute Gasteiger partial charge is 0.290 e. The number of hydrogen-bond donors (Lipinski definition) is 0. The van der Waals surface area contributed by atoms with Crippen LogP contribution in [0.4, 0.5) is 18.3 Å². The molecule has 1 amide bonds. The summed E-state index contributed by atoms with van der Waals surface area (Å²) in [6.45, 7) is -0.214. The molecule has 2 aromatic heterocycles. The van der Waals surface area contributed by atoms with Crippen LogP contribution in [-0.2, 0) is 30.4 Å². The van der Waals surface area contributed by atoms with Gasteiger partial charge in [-0.3, -0.25) is 14.4 Å². The minimum Gasteiger partial charge on any atom is -0.290 e. The van der Waals surface area contributed by atoms with E-state index in [4.69, 9.17) is 0 Å². The number of aromatic nitrogens is 3. The Morgan fingerprint density at radius 1 is 1.39 bits per heavy atom. The Labute approximate surface area is 134 Å². The van der Waals surface area contributed by atoms with Gasteiger partial charge in [0.1, 0.15) is 6.54 Å². The van der Waals surface area contributed by atoms with Gasteiger partial charge in [0.2, 0.25) is 5.91 Å². The van der Waals surface area contributed by atoms with E-state index in [1.807, 2.05) is 0 Å². The first-order valence-corrected chi connectivity index (χ1v) is 8.07. The molecule has 0 aliphatic heterocycles. The van der Waals surface area contributed by atoms with Gasteiger partial charge in [0, 0.05) is 29.9 Å². The number of alkyl halides is 3. The highest BCUT2D eigenvalue weighted by atomic mass is 32.1. The molecule has 0 saturated heterocycles. The second kappa shape index (κ2) is 5.95. The maximum atomic E-state index is 13.1. The van der Waals surface area contributed by atoms with E-state index in [-0.39, 0.29) is 18.0 Å². The fourth-order valence-electron chi connectivity index (χ4n) is 2.75. The lowest BCUT2D eigenvalue weighted by molar-refractivity contribution is -0.142. The van der Waals surface area contributed by atoms with E-state index in [0.717, 1.165) is 12.8 Å². The SMILES string of the molecule is CN(C(=O)Cn1nc(C(F)(F)F)c2c1CCCC2)c1nccs1. The highest BCUT2D eigenvalue weighted by Gasteiger charge is 2.39. The van der Waals surface area contributed by atoms with E-state index >= 15 is 0 Å². The van der Waals surface area contributed by atoms with Gasteiger partial charge in [-0.2, -0.15) is 18.3 Å². The Hall–Kier alpha value is -1.90. The summed E-state index contributed by atoms with van der Waals surface area (Å²) in [5, 5.41) is 5.93. The van der Waals surface area contributed by atoms with Crippen LogP contribution in [0.1, 0.15) is 29.8 Å². The average molecular weight is 344 g/mol. The molecule has 0 spiro atoms. The Bertz CT molecular complexity index is 708. The van der Waals surface area contributed by atoms with Gasteiger partial charge < -0.3 is 0 Å². The van der Waals surface area contributed by atoms with Crippen molar-refractivity contribution in [3.8, 4) is 0 Å². The molecule has 2 aromatic rings. The first-order valence-electron chi connectivity index (χ1n) is 7.19. The highest BCUT2D eigenvalue weighted by molar-refractivity contribution is 7.13. The van der Waals surface area contributed by atoms with Crippen molar-refractivity contribution in [3.63, 3.8) is 0 Å².